The molecule has 0 aliphatic heterocycles. The minimum atomic E-state index is -10.7. The van der Waals surface area contributed by atoms with E-state index in [4.69, 9.17) is 23.2 Å². The molecule has 0 amide bonds. The first-order chi connectivity index (χ1) is 52.0. The number of hydrogen-bond acceptors (Lipinski definition) is 0. The summed E-state index contributed by atoms with van der Waals surface area (Å²) in [6.45, 7) is 0. The maximum Gasteiger partial charge on any atom is 1.00 e. The minimum Gasteiger partial charge on any atom is -0.0620 e. The molecular formula is C85H94Au2Cl2F12P10+8. The fraction of sp³-hybridized carbons (Fsp3) is 0.153. The molecule has 4 unspecified atom stereocenters. The smallest absolute Gasteiger partial charge is 0.0620 e. The Kier molecular flexibility index (Phi) is 40.1. The molecule has 0 fully saturated rings. The molecule has 0 saturated heterocycles. The van der Waals surface area contributed by atoms with E-state index < -0.39 is 79.0 Å². The molecule has 12 aromatic rings. The van der Waals surface area contributed by atoms with Crippen LogP contribution in [0.3, 0.4) is 0 Å². The van der Waals surface area contributed by atoms with Crippen molar-refractivity contribution in [1.82, 2.24) is 0 Å². The zero-order valence-electron chi connectivity index (χ0n) is 60.6. The second kappa shape index (κ2) is 46.3. The van der Waals surface area contributed by atoms with E-state index in [0.717, 1.165) is 0 Å². The van der Waals surface area contributed by atoms with Crippen LogP contribution in [0.1, 0.15) is 0 Å². The third-order valence-electron chi connectivity index (χ3n) is 17.9. The second-order valence-electron chi connectivity index (χ2n) is 25.7. The topological polar surface area (TPSA) is 0 Å². The van der Waals surface area contributed by atoms with Crippen LogP contribution >= 0.6 is 102 Å². The van der Waals surface area contributed by atoms with Crippen LogP contribution in [-0.4, -0.2) is 79.3 Å². The van der Waals surface area contributed by atoms with Crippen LogP contribution < -0.4 is 63.7 Å². The predicted molar refractivity (Wildman–Crippen MR) is 482 cm³/mol. The van der Waals surface area contributed by atoms with Crippen LogP contribution in [0.15, 0.2) is 364 Å². The summed E-state index contributed by atoms with van der Waals surface area (Å²) in [6, 6.07) is 137. The molecule has 0 aliphatic rings. The summed E-state index contributed by atoms with van der Waals surface area (Å²) in [5.41, 5.74) is 0. The van der Waals surface area contributed by atoms with Gasteiger partial charge in [-0.25, -0.2) is 0 Å². The fourth-order valence-electron chi connectivity index (χ4n) is 13.0. The molecule has 596 valence electrons. The van der Waals surface area contributed by atoms with Gasteiger partial charge in [0, 0.05) is 31.7 Å². The Bertz CT molecular complexity index is 3740. The van der Waals surface area contributed by atoms with Crippen LogP contribution in [0, 0.1) is 0 Å². The minimum absolute atomic E-state index is 0. The number of rotatable bonds is 30. The van der Waals surface area contributed by atoms with Crippen molar-refractivity contribution in [1.29, 1.82) is 0 Å². The van der Waals surface area contributed by atoms with Crippen LogP contribution in [0.2, 0.25) is 0 Å². The Balaban J connectivity index is 0.000000282. The van der Waals surface area contributed by atoms with Crippen molar-refractivity contribution in [2.45, 2.75) is 0 Å². The molecule has 0 nitrogen and oxygen atoms in total. The van der Waals surface area contributed by atoms with E-state index in [1.807, 2.05) is 0 Å². The van der Waals surface area contributed by atoms with E-state index >= 15 is 0 Å². The molecule has 26 heteroatoms. The molecule has 0 bridgehead atoms. The van der Waals surface area contributed by atoms with Gasteiger partial charge in [-0.3, -0.25) is 0 Å². The maximum absolute atomic E-state index is 10.7. The molecule has 4 atom stereocenters. The monoisotopic (exact) mass is 2120 g/mol. The van der Waals surface area contributed by atoms with E-state index in [1.54, 1.807) is 63.7 Å². The van der Waals surface area contributed by atoms with Gasteiger partial charge in [-0.15, -0.1) is 23.2 Å². The van der Waals surface area contributed by atoms with Crippen molar-refractivity contribution in [2.24, 2.45) is 0 Å². The van der Waals surface area contributed by atoms with Crippen molar-refractivity contribution in [3.63, 3.8) is 0 Å². The Morgan fingerprint density at radius 2 is 0.243 bits per heavy atom. The fourth-order valence-corrected chi connectivity index (χ4v) is 41.0. The van der Waals surface area contributed by atoms with Gasteiger partial charge in [0.15, 0.2) is 0 Å². The van der Waals surface area contributed by atoms with Crippen molar-refractivity contribution in [3.8, 4) is 0 Å². The van der Waals surface area contributed by atoms with Crippen molar-refractivity contribution in [2.75, 3.05) is 79.3 Å². The van der Waals surface area contributed by atoms with E-state index in [-0.39, 0.29) is 50.1 Å². The van der Waals surface area contributed by atoms with Crippen LogP contribution in [0.4, 0.5) is 50.4 Å². The van der Waals surface area contributed by atoms with Crippen molar-refractivity contribution >= 4 is 166 Å². The third kappa shape index (κ3) is 39.8. The first-order valence-corrected chi connectivity index (χ1v) is 55.3. The molecule has 0 aromatic heterocycles. The zero-order valence-corrected chi connectivity index (χ0v) is 76.3. The number of hydrogen-bond donors (Lipinski definition) is 0. The Hall–Kier alpha value is -3.84. The maximum atomic E-state index is 9.87. The third-order valence-corrected chi connectivity index (χ3v) is 43.5. The summed E-state index contributed by atoms with van der Waals surface area (Å²) in [6.07, 6.45) is 15.9. The van der Waals surface area contributed by atoms with Crippen molar-refractivity contribution < 1.29 is 95.1 Å². The van der Waals surface area contributed by atoms with Gasteiger partial charge in [0.25, 0.3) is 0 Å². The van der Waals surface area contributed by atoms with Gasteiger partial charge in [0.1, 0.15) is 24.6 Å². The van der Waals surface area contributed by atoms with Gasteiger partial charge in [-0.2, -0.15) is 0 Å². The summed E-state index contributed by atoms with van der Waals surface area (Å²) >= 11 is 9.53. The van der Waals surface area contributed by atoms with Crippen LogP contribution in [0.5, 0.6) is 0 Å². The molecule has 0 N–H and O–H groups in total. The summed E-state index contributed by atoms with van der Waals surface area (Å²) in [5.74, 6) is 0. The molecule has 0 heterocycles. The van der Waals surface area contributed by atoms with Gasteiger partial charge in [-0.05, 0) is 146 Å². The van der Waals surface area contributed by atoms with Gasteiger partial charge >= 0.3 is 111 Å². The summed E-state index contributed by atoms with van der Waals surface area (Å²) in [7, 11) is -27.5. The molecule has 111 heavy (non-hydrogen) atoms. The Morgan fingerprint density at radius 3 is 0.342 bits per heavy atom. The molecular weight excluding hydrogens is 2020 g/mol. The quantitative estimate of drug-likeness (QED) is 0.0182. The summed E-state index contributed by atoms with van der Waals surface area (Å²) in [5, 5.41) is 19.0. The van der Waals surface area contributed by atoms with Crippen LogP contribution in [-0.2, 0) is 44.8 Å². The molecule has 12 aromatic carbocycles. The number of alkyl halides is 2. The van der Waals surface area contributed by atoms with Gasteiger partial charge in [-0.1, -0.05) is 218 Å². The zero-order chi connectivity index (χ0) is 78.0. The molecule has 12 rings (SSSR count). The van der Waals surface area contributed by atoms with Gasteiger partial charge in [0.2, 0.25) is 0 Å². The number of benzene rings is 12. The molecule has 0 aliphatic carbocycles. The first-order valence-electron chi connectivity index (χ1n) is 35.7. The largest absolute Gasteiger partial charge is 1.00 e. The summed E-state index contributed by atoms with van der Waals surface area (Å²) in [4.78, 5) is 0. The van der Waals surface area contributed by atoms with E-state index in [0.29, 0.717) is 0 Å². The number of halogens is 14. The summed E-state index contributed by atoms with van der Waals surface area (Å²) < 4.78 is 118. The van der Waals surface area contributed by atoms with E-state index in [1.165, 1.54) is 73.9 Å². The average molecular weight is 2120 g/mol. The first kappa shape index (κ1) is 96.0. The van der Waals surface area contributed by atoms with E-state index in [9.17, 15) is 50.4 Å². The second-order valence-corrected chi connectivity index (χ2v) is 52.0. The Labute approximate surface area is 698 Å². The van der Waals surface area contributed by atoms with Gasteiger partial charge in [0.05, 0.1) is 150 Å². The predicted octanol–water partition coefficient (Wildman–Crippen LogP) is 23.8. The van der Waals surface area contributed by atoms with Gasteiger partial charge < -0.3 is 0 Å². The molecule has 0 spiro atoms. The molecule has 0 radical (unpaired) electrons. The normalized spacial score (nSPS) is 13.6. The SMILES string of the molecule is ClCCl.F[P-](F)(F)(F)(F)F.F[P-](F)(F)(F)(F)F.[Au+].[Au+].c1ccc([PH+](CC[PH+](CC[PH+](c2ccccc2)c2ccccc2)c2ccccc2)CC[PH+](c2ccccc2)c2ccccc2)cc1.c1ccc([PH+](CC[PH+](CC[PH+](c2ccccc2)c2ccccc2)c2ccccc2)CC[PH+](c2ccccc2)c2ccccc2)cc1. The standard InChI is InChI=1S/2C42H42P4.CH2Cl2.2Au.2F6P/c2*1-7-19-37(20-8-1)43(33-35-45(39-23-11-3-12-24-39)40-25-13-4-14-26-40)31-32-44(38-21-9-2-10-22-38)34-36-46(41-27-15-5-16-28-41)42-29-17-6-18-30-42;2-1-3;;;2*1-7(2,3,4,5)6/h2*1-30H,31-36H2;1H2;;;;/q;;;2*+1;2*-1/p+8. The molecule has 0 saturated carbocycles. The van der Waals surface area contributed by atoms with E-state index in [2.05, 4.69) is 364 Å². The average Bonchev–Trinajstić information content (AvgIpc) is 0.791. The Morgan fingerprint density at radius 1 is 0.162 bits per heavy atom. The van der Waals surface area contributed by atoms with Crippen molar-refractivity contribution in [3.05, 3.63) is 364 Å². The van der Waals surface area contributed by atoms with Crippen LogP contribution in [0.25, 0.3) is 0 Å².